The summed E-state index contributed by atoms with van der Waals surface area (Å²) in [4.78, 5) is 0. The number of hydrogen-bond donors (Lipinski definition) is 1. The van der Waals surface area contributed by atoms with Gasteiger partial charge in [0.25, 0.3) is 0 Å². The van der Waals surface area contributed by atoms with Crippen LogP contribution >= 0.6 is 15.9 Å². The molecule has 0 amide bonds. The second-order valence-corrected chi connectivity index (χ2v) is 6.52. The van der Waals surface area contributed by atoms with Gasteiger partial charge >= 0.3 is 0 Å². The number of fused-ring (bicyclic) bond motifs is 1. The number of nitrogens with one attached hydrogen (secondary N) is 1. The highest BCUT2D eigenvalue weighted by Gasteiger charge is 2.24. The molecule has 116 valence electrons. The number of benzene rings is 2. The smallest absolute Gasteiger partial charge is 0.161 e. The van der Waals surface area contributed by atoms with E-state index in [0.717, 1.165) is 28.9 Å². The summed E-state index contributed by atoms with van der Waals surface area (Å²) in [5.41, 5.74) is 5.10. The van der Waals surface area contributed by atoms with Crippen molar-refractivity contribution in [3.05, 3.63) is 57.1 Å². The van der Waals surface area contributed by atoms with Crippen LogP contribution < -0.4 is 14.8 Å². The summed E-state index contributed by atoms with van der Waals surface area (Å²) in [6.07, 6.45) is 0.999. The molecule has 0 saturated heterocycles. The van der Waals surface area contributed by atoms with Gasteiger partial charge in [-0.3, -0.25) is 0 Å². The minimum absolute atomic E-state index is 0.180. The minimum atomic E-state index is 0.180. The van der Waals surface area contributed by atoms with E-state index in [1.54, 1.807) is 14.2 Å². The van der Waals surface area contributed by atoms with Crippen molar-refractivity contribution in [2.75, 3.05) is 20.8 Å². The first-order chi connectivity index (χ1) is 10.6. The maximum absolute atomic E-state index is 5.47. The van der Waals surface area contributed by atoms with Crippen molar-refractivity contribution in [1.29, 1.82) is 0 Å². The van der Waals surface area contributed by atoms with E-state index in [4.69, 9.17) is 9.47 Å². The summed E-state index contributed by atoms with van der Waals surface area (Å²) in [7, 11) is 3.36. The Balaban J connectivity index is 2.10. The molecule has 4 heteroatoms. The van der Waals surface area contributed by atoms with Gasteiger partial charge in [-0.15, -0.1) is 0 Å². The van der Waals surface area contributed by atoms with Gasteiger partial charge in [-0.2, -0.15) is 0 Å². The molecule has 0 aromatic heterocycles. The predicted molar refractivity (Wildman–Crippen MR) is 92.0 cm³/mol. The lowest BCUT2D eigenvalue weighted by molar-refractivity contribution is 0.353. The number of aryl methyl sites for hydroxylation is 1. The fraction of sp³-hybridized carbons (Fsp3) is 0.333. The molecule has 0 fully saturated rings. The molecule has 1 heterocycles. The number of ether oxygens (including phenoxy) is 2. The van der Waals surface area contributed by atoms with Crippen molar-refractivity contribution >= 4 is 15.9 Å². The average Bonchev–Trinajstić information content (AvgIpc) is 2.51. The molecule has 1 unspecified atom stereocenters. The average molecular weight is 362 g/mol. The van der Waals surface area contributed by atoms with Gasteiger partial charge in [0.1, 0.15) is 0 Å². The molecular weight excluding hydrogens is 342 g/mol. The van der Waals surface area contributed by atoms with Crippen LogP contribution in [0.1, 0.15) is 28.3 Å². The maximum Gasteiger partial charge on any atom is 0.161 e. The van der Waals surface area contributed by atoms with Gasteiger partial charge in [-0.25, -0.2) is 0 Å². The molecule has 1 N–H and O–H groups in total. The normalized spacial score (nSPS) is 17.0. The van der Waals surface area contributed by atoms with E-state index in [2.05, 4.69) is 58.5 Å². The number of hydrogen-bond acceptors (Lipinski definition) is 3. The van der Waals surface area contributed by atoms with Gasteiger partial charge in [0, 0.05) is 11.0 Å². The van der Waals surface area contributed by atoms with Crippen LogP contribution in [0.2, 0.25) is 0 Å². The SMILES string of the molecule is COc1cc2c(cc1OC)C(c1cc(C)cc(Br)c1)NCC2. The van der Waals surface area contributed by atoms with E-state index in [1.165, 1.54) is 22.3 Å². The van der Waals surface area contributed by atoms with E-state index in [0.29, 0.717) is 0 Å². The first kappa shape index (κ1) is 15.4. The molecule has 2 aromatic carbocycles. The van der Waals surface area contributed by atoms with Crippen molar-refractivity contribution in [1.82, 2.24) is 5.32 Å². The lowest BCUT2D eigenvalue weighted by Gasteiger charge is -2.29. The zero-order valence-electron chi connectivity index (χ0n) is 13.1. The van der Waals surface area contributed by atoms with Crippen LogP contribution in [0.15, 0.2) is 34.8 Å². The van der Waals surface area contributed by atoms with Crippen LogP contribution in [0.3, 0.4) is 0 Å². The molecule has 3 nitrogen and oxygen atoms in total. The highest BCUT2D eigenvalue weighted by Crippen LogP contribution is 2.38. The molecule has 2 aromatic rings. The van der Waals surface area contributed by atoms with E-state index < -0.39 is 0 Å². The largest absolute Gasteiger partial charge is 0.493 e. The molecule has 22 heavy (non-hydrogen) atoms. The van der Waals surface area contributed by atoms with Crippen molar-refractivity contribution in [2.45, 2.75) is 19.4 Å². The van der Waals surface area contributed by atoms with Crippen molar-refractivity contribution in [3.8, 4) is 11.5 Å². The Bertz CT molecular complexity index is 679. The maximum atomic E-state index is 5.47. The quantitative estimate of drug-likeness (QED) is 0.895. The highest BCUT2D eigenvalue weighted by molar-refractivity contribution is 9.10. The summed E-state index contributed by atoms with van der Waals surface area (Å²) in [6.45, 7) is 3.07. The first-order valence-electron chi connectivity index (χ1n) is 7.37. The lowest BCUT2D eigenvalue weighted by atomic mass is 9.89. The third-order valence-electron chi connectivity index (χ3n) is 4.10. The van der Waals surface area contributed by atoms with Crippen LogP contribution in [0.25, 0.3) is 0 Å². The Morgan fingerprint density at radius 2 is 1.77 bits per heavy atom. The van der Waals surface area contributed by atoms with Crippen LogP contribution in [0.4, 0.5) is 0 Å². The van der Waals surface area contributed by atoms with E-state index in [9.17, 15) is 0 Å². The third kappa shape index (κ3) is 2.85. The second kappa shape index (κ2) is 6.31. The van der Waals surface area contributed by atoms with Gasteiger partial charge in [-0.1, -0.05) is 22.0 Å². The molecule has 0 radical (unpaired) electrons. The molecule has 1 aliphatic rings. The standard InChI is InChI=1S/C18H20BrNO2/c1-11-6-13(8-14(19)7-11)18-15-10-17(22-3)16(21-2)9-12(15)4-5-20-18/h6-10,18,20H,4-5H2,1-3H3. The summed E-state index contributed by atoms with van der Waals surface area (Å²) >= 11 is 3.60. The zero-order valence-corrected chi connectivity index (χ0v) is 14.7. The highest BCUT2D eigenvalue weighted by atomic mass is 79.9. The lowest BCUT2D eigenvalue weighted by Crippen LogP contribution is -2.30. The van der Waals surface area contributed by atoms with Gasteiger partial charge in [0.05, 0.1) is 20.3 Å². The summed E-state index contributed by atoms with van der Waals surface area (Å²) in [5, 5.41) is 3.62. The van der Waals surface area contributed by atoms with Crippen LogP contribution in [-0.4, -0.2) is 20.8 Å². The number of methoxy groups -OCH3 is 2. The molecule has 0 saturated carbocycles. The summed E-state index contributed by atoms with van der Waals surface area (Å²) < 4.78 is 12.0. The van der Waals surface area contributed by atoms with Crippen LogP contribution in [0, 0.1) is 6.92 Å². The van der Waals surface area contributed by atoms with Crippen LogP contribution in [0.5, 0.6) is 11.5 Å². The molecular formula is C18H20BrNO2. The van der Waals surface area contributed by atoms with Gasteiger partial charge in [0.2, 0.25) is 0 Å². The second-order valence-electron chi connectivity index (χ2n) is 5.61. The Kier molecular flexibility index (Phi) is 4.41. The van der Waals surface area contributed by atoms with E-state index >= 15 is 0 Å². The Labute approximate surface area is 139 Å². The predicted octanol–water partition coefficient (Wildman–Crippen LogP) is 4.01. The Morgan fingerprint density at radius 3 is 2.45 bits per heavy atom. The molecule has 3 rings (SSSR count). The molecule has 0 bridgehead atoms. The minimum Gasteiger partial charge on any atom is -0.493 e. The molecule has 1 atom stereocenters. The number of rotatable bonds is 3. The topological polar surface area (TPSA) is 30.5 Å². The molecule has 0 aliphatic carbocycles. The van der Waals surface area contributed by atoms with Crippen LogP contribution in [-0.2, 0) is 6.42 Å². The van der Waals surface area contributed by atoms with Crippen molar-refractivity contribution in [3.63, 3.8) is 0 Å². The number of halogens is 1. The van der Waals surface area contributed by atoms with E-state index in [-0.39, 0.29) is 6.04 Å². The van der Waals surface area contributed by atoms with E-state index in [1.807, 2.05) is 0 Å². The third-order valence-corrected chi connectivity index (χ3v) is 4.55. The monoisotopic (exact) mass is 361 g/mol. The van der Waals surface area contributed by atoms with Crippen molar-refractivity contribution < 1.29 is 9.47 Å². The fourth-order valence-electron chi connectivity index (χ4n) is 3.11. The van der Waals surface area contributed by atoms with Gasteiger partial charge in [0.15, 0.2) is 11.5 Å². The zero-order chi connectivity index (χ0) is 15.7. The Morgan fingerprint density at radius 1 is 1.05 bits per heavy atom. The summed E-state index contributed by atoms with van der Waals surface area (Å²) in [5.74, 6) is 1.58. The molecule has 1 aliphatic heterocycles. The van der Waals surface area contributed by atoms with Crippen molar-refractivity contribution in [2.24, 2.45) is 0 Å². The van der Waals surface area contributed by atoms with Gasteiger partial charge < -0.3 is 14.8 Å². The first-order valence-corrected chi connectivity index (χ1v) is 8.17. The van der Waals surface area contributed by atoms with Gasteiger partial charge in [-0.05, 0) is 59.9 Å². The Hall–Kier alpha value is -1.52. The molecule has 0 spiro atoms. The fourth-order valence-corrected chi connectivity index (χ4v) is 3.74. The summed E-state index contributed by atoms with van der Waals surface area (Å²) in [6, 6.07) is 10.9.